The third-order valence-corrected chi connectivity index (χ3v) is 20.2. The van der Waals surface area contributed by atoms with Crippen LogP contribution in [0, 0.1) is 0 Å². The van der Waals surface area contributed by atoms with Gasteiger partial charge in [-0.2, -0.15) is 0 Å². The summed E-state index contributed by atoms with van der Waals surface area (Å²) in [6.45, 7) is 0. The normalized spacial score (nSPS) is 23.7. The first kappa shape index (κ1) is 18.9. The molecule has 104 valence electrons. The molecule has 0 unspecified atom stereocenters. The van der Waals surface area contributed by atoms with Crippen molar-refractivity contribution in [1.29, 1.82) is 0 Å². The SMILES string of the molecule is Br.Br.[CH3][Ti]([CH3])([CH3])([CH3])(=[SiH2])([C]1=CC=CC1)[C]1=CC=CC1. The van der Waals surface area contributed by atoms with Crippen molar-refractivity contribution in [2.75, 3.05) is 0 Å². The van der Waals surface area contributed by atoms with Crippen LogP contribution < -0.4 is 0 Å². The molecule has 0 aromatic carbocycles. The first-order chi connectivity index (χ1) is 6.96. The van der Waals surface area contributed by atoms with Crippen molar-refractivity contribution in [3.05, 3.63) is 44.2 Å². The van der Waals surface area contributed by atoms with Crippen LogP contribution in [0.5, 0.6) is 0 Å². The minimum absolute atomic E-state index is 0. The van der Waals surface area contributed by atoms with E-state index in [-0.39, 0.29) is 34.0 Å². The van der Waals surface area contributed by atoms with Crippen molar-refractivity contribution in [1.82, 2.24) is 0 Å². The van der Waals surface area contributed by atoms with Gasteiger partial charge >= 0.3 is 97.1 Å². The summed E-state index contributed by atoms with van der Waals surface area (Å²) in [5.41, 5.74) is 0. The van der Waals surface area contributed by atoms with Gasteiger partial charge in [0.1, 0.15) is 0 Å². The Morgan fingerprint density at radius 3 is 1.39 bits per heavy atom. The molecule has 0 spiro atoms. The number of halogens is 2. The maximum absolute atomic E-state index is 3.60. The van der Waals surface area contributed by atoms with Crippen LogP contribution in [0.25, 0.3) is 0 Å². The van der Waals surface area contributed by atoms with Crippen molar-refractivity contribution >= 4 is 41.6 Å². The fraction of sp³-hybridized carbons (Fsp3) is 0.429. The van der Waals surface area contributed by atoms with Crippen molar-refractivity contribution in [2.24, 2.45) is 0 Å². The van der Waals surface area contributed by atoms with Crippen LogP contribution in [-0.4, -0.2) is 7.63 Å². The molecule has 2 aliphatic carbocycles. The Labute approximate surface area is 130 Å². The van der Waals surface area contributed by atoms with E-state index in [9.17, 15) is 0 Å². The molecule has 2 aliphatic rings. The van der Waals surface area contributed by atoms with Crippen molar-refractivity contribution in [3.8, 4) is 0 Å². The average molecular weight is 430 g/mol. The van der Waals surface area contributed by atoms with Gasteiger partial charge in [-0.1, -0.05) is 0 Å². The Bertz CT molecular complexity index is 551. The van der Waals surface area contributed by atoms with E-state index in [1.807, 2.05) is 0 Å². The molecule has 0 bridgehead atoms. The van der Waals surface area contributed by atoms with Crippen LogP contribution in [0.1, 0.15) is 12.8 Å². The Balaban J connectivity index is 0.00000144. The number of rotatable bonds is 2. The Hall–Kier alpha value is 0.851. The van der Waals surface area contributed by atoms with E-state index in [2.05, 4.69) is 65.0 Å². The Kier molecular flexibility index (Phi) is 4.13. The monoisotopic (exact) mass is 428 g/mol. The molecule has 4 heteroatoms. The van der Waals surface area contributed by atoms with Gasteiger partial charge in [0.15, 0.2) is 0 Å². The van der Waals surface area contributed by atoms with Crippen molar-refractivity contribution in [2.45, 2.75) is 33.8 Å². The predicted molar refractivity (Wildman–Crippen MR) is 96.3 cm³/mol. The molecule has 0 amide bonds. The Morgan fingerprint density at radius 2 is 1.17 bits per heavy atom. The first-order valence-electron chi connectivity index (χ1n) is 6.29. The van der Waals surface area contributed by atoms with E-state index < -0.39 is 11.5 Å². The summed E-state index contributed by atoms with van der Waals surface area (Å²) in [4.78, 5) is 0. The van der Waals surface area contributed by atoms with Gasteiger partial charge in [0.05, 0.1) is 0 Å². The van der Waals surface area contributed by atoms with Crippen molar-refractivity contribution in [3.63, 3.8) is 0 Å². The van der Waals surface area contributed by atoms with Gasteiger partial charge in [-0.05, 0) is 0 Å². The van der Waals surface area contributed by atoms with E-state index in [1.54, 1.807) is 7.76 Å². The van der Waals surface area contributed by atoms with E-state index in [1.165, 1.54) is 0 Å². The topological polar surface area (TPSA) is 0 Å². The van der Waals surface area contributed by atoms with Crippen LogP contribution in [-0.2, 0) is 11.5 Å². The summed E-state index contributed by atoms with van der Waals surface area (Å²) >= 11 is -3.60. The summed E-state index contributed by atoms with van der Waals surface area (Å²) in [5, 5.41) is 10.3. The van der Waals surface area contributed by atoms with Crippen LogP contribution in [0.2, 0.25) is 20.9 Å². The van der Waals surface area contributed by atoms with Gasteiger partial charge in [-0.3, -0.25) is 0 Å². The van der Waals surface area contributed by atoms with Gasteiger partial charge in [-0.25, -0.2) is 0 Å². The summed E-state index contributed by atoms with van der Waals surface area (Å²) in [6, 6.07) is 0. The molecular weight excluding hydrogens is 404 g/mol. The van der Waals surface area contributed by atoms with E-state index in [0.29, 0.717) is 0 Å². The molecule has 0 aromatic rings. The van der Waals surface area contributed by atoms with Gasteiger partial charge in [-0.15, -0.1) is 34.0 Å². The van der Waals surface area contributed by atoms with E-state index in [4.69, 9.17) is 0 Å². The molecule has 0 aromatic heterocycles. The molecule has 18 heavy (non-hydrogen) atoms. The van der Waals surface area contributed by atoms with Gasteiger partial charge in [0.25, 0.3) is 0 Å². The molecule has 0 fully saturated rings. The summed E-state index contributed by atoms with van der Waals surface area (Å²) in [5.74, 6) is 0. The standard InChI is InChI=1S/2C5H5.4CH3.2BrH.H2Si.Ti/c2*1-2-4-5-3-1;;;;;;;;/h2*1-3H,4H2;4*1H3;2*1H;1H2;. The third-order valence-electron chi connectivity index (χ3n) is 4.89. The average Bonchev–Trinajstić information content (AvgIpc) is 2.76. The maximum atomic E-state index is 2.58. The molecule has 0 nitrogen and oxygen atoms in total. The molecule has 0 saturated heterocycles. The summed E-state index contributed by atoms with van der Waals surface area (Å²) in [6.07, 6.45) is 16.1. The fourth-order valence-corrected chi connectivity index (χ4v) is 12.5. The van der Waals surface area contributed by atoms with Crippen LogP contribution in [0.4, 0.5) is 0 Å². The quantitative estimate of drug-likeness (QED) is 0.520. The van der Waals surface area contributed by atoms with Gasteiger partial charge in [0.2, 0.25) is 0 Å². The molecule has 0 N–H and O–H groups in total. The second-order valence-electron chi connectivity index (χ2n) is 9.54. The summed E-state index contributed by atoms with van der Waals surface area (Å²) in [7, 11) is 2.31. The summed E-state index contributed by atoms with van der Waals surface area (Å²) < 4.78 is 3.37. The first-order valence-corrected chi connectivity index (χ1v) is 18.1. The van der Waals surface area contributed by atoms with Gasteiger partial charge in [0, 0.05) is 0 Å². The minimum atomic E-state index is -3.60. The van der Waals surface area contributed by atoms with Crippen molar-refractivity contribution < 1.29 is 11.5 Å². The number of hydrogen-bond acceptors (Lipinski definition) is 0. The van der Waals surface area contributed by atoms with Crippen LogP contribution >= 0.6 is 34.0 Å². The van der Waals surface area contributed by atoms with E-state index in [0.717, 1.165) is 12.8 Å². The second-order valence-corrected chi connectivity index (χ2v) is 47.7. The van der Waals surface area contributed by atoms with Crippen LogP contribution in [0.15, 0.2) is 44.2 Å². The zero-order valence-electron chi connectivity index (χ0n) is 11.9. The zero-order chi connectivity index (χ0) is 12.2. The van der Waals surface area contributed by atoms with E-state index >= 15 is 0 Å². The number of hydrogen-bond donors (Lipinski definition) is 0. The molecule has 0 heterocycles. The third kappa shape index (κ3) is 2.81. The molecule has 0 aliphatic heterocycles. The number of allylic oxidation sites excluding steroid dienone is 8. The fourth-order valence-electron chi connectivity index (χ4n) is 3.03. The van der Waals surface area contributed by atoms with Gasteiger partial charge < -0.3 is 0 Å². The molecular formula is C14H26Br2SiTi. The second kappa shape index (κ2) is 3.94. The molecule has 0 saturated carbocycles. The molecule has 0 atom stereocenters. The zero-order valence-corrected chi connectivity index (χ0v) is 18.3. The Morgan fingerprint density at radius 1 is 0.833 bits per heavy atom. The molecule has 0 radical (unpaired) electrons. The molecule has 2 rings (SSSR count). The predicted octanol–water partition coefficient (Wildman–Crippen LogP) is 5.33. The van der Waals surface area contributed by atoms with Crippen LogP contribution in [0.3, 0.4) is 0 Å².